The van der Waals surface area contributed by atoms with Crippen molar-refractivity contribution < 1.29 is 13.2 Å². The zero-order valence-corrected chi connectivity index (χ0v) is 14.8. The maximum Gasteiger partial charge on any atom is 0.262 e. The van der Waals surface area contributed by atoms with Crippen LogP contribution >= 0.6 is 0 Å². The van der Waals surface area contributed by atoms with Gasteiger partial charge in [-0.25, -0.2) is 13.4 Å². The molecule has 2 aromatic rings. The van der Waals surface area contributed by atoms with E-state index in [1.165, 1.54) is 16.8 Å². The minimum absolute atomic E-state index is 0.0371. The predicted octanol–water partition coefficient (Wildman–Crippen LogP) is 0.379. The Labute approximate surface area is 145 Å². The summed E-state index contributed by atoms with van der Waals surface area (Å²) in [6.07, 6.45) is 8.63. The Kier molecular flexibility index (Phi) is 3.88. The van der Waals surface area contributed by atoms with Crippen molar-refractivity contribution in [2.24, 2.45) is 7.05 Å². The summed E-state index contributed by atoms with van der Waals surface area (Å²) in [6, 6.07) is -0.0371. The van der Waals surface area contributed by atoms with Gasteiger partial charge < -0.3 is 9.47 Å². The van der Waals surface area contributed by atoms with Gasteiger partial charge in [0.1, 0.15) is 0 Å². The van der Waals surface area contributed by atoms with Gasteiger partial charge in [0, 0.05) is 45.5 Å². The molecular formula is C15H20N6O3S. The number of carbonyl (C=O) groups excluding carboxylic acids is 1. The molecule has 2 aromatic heterocycles. The monoisotopic (exact) mass is 364 g/mol. The van der Waals surface area contributed by atoms with Gasteiger partial charge in [-0.3, -0.25) is 9.48 Å². The number of aryl methyl sites for hydroxylation is 1. The van der Waals surface area contributed by atoms with E-state index >= 15 is 0 Å². The number of sulfonamides is 1. The van der Waals surface area contributed by atoms with Gasteiger partial charge in [-0.05, 0) is 12.8 Å². The van der Waals surface area contributed by atoms with Crippen molar-refractivity contribution in [2.75, 3.05) is 24.5 Å². The van der Waals surface area contributed by atoms with E-state index < -0.39 is 10.0 Å². The molecule has 0 aliphatic carbocycles. The van der Waals surface area contributed by atoms with Crippen molar-refractivity contribution >= 4 is 21.6 Å². The molecule has 10 heteroatoms. The first-order chi connectivity index (χ1) is 11.9. The predicted molar refractivity (Wildman–Crippen MR) is 89.4 cm³/mol. The summed E-state index contributed by atoms with van der Waals surface area (Å²) in [5.74, 6) is 0.116. The maximum atomic E-state index is 12.6. The molecule has 0 N–H and O–H groups in total. The lowest BCUT2D eigenvalue weighted by Crippen LogP contribution is -2.29. The summed E-state index contributed by atoms with van der Waals surface area (Å²) in [4.78, 5) is 17.5. The van der Waals surface area contributed by atoms with Crippen LogP contribution in [0, 0.1) is 0 Å². The molecule has 0 aromatic carbocycles. The molecule has 2 aliphatic rings. The average molecular weight is 364 g/mol. The van der Waals surface area contributed by atoms with Crippen LogP contribution in [0.25, 0.3) is 0 Å². The third-order valence-corrected chi connectivity index (χ3v) is 6.51. The lowest BCUT2D eigenvalue weighted by atomic mass is 10.3. The Morgan fingerprint density at radius 2 is 2.08 bits per heavy atom. The molecule has 25 heavy (non-hydrogen) atoms. The second-order valence-electron chi connectivity index (χ2n) is 6.51. The van der Waals surface area contributed by atoms with Gasteiger partial charge in [-0.15, -0.1) is 0 Å². The normalized spacial score (nSPS) is 22.2. The Hall–Kier alpha value is -2.20. The quantitative estimate of drug-likeness (QED) is 0.782. The molecule has 1 atom stereocenters. The zero-order chi connectivity index (χ0) is 17.6. The Morgan fingerprint density at radius 1 is 1.24 bits per heavy atom. The minimum atomic E-state index is -3.58. The standard InChI is InChI=1S/C15H20N6O3S/c1-18-10-14(16-11-18)25(23,24)19-6-4-12(8-19)21-9-13(7-17-21)20-5-2-3-15(20)22/h7,9-12H,2-6,8H2,1H3. The highest BCUT2D eigenvalue weighted by Crippen LogP contribution is 2.28. The first-order valence-corrected chi connectivity index (χ1v) is 9.72. The lowest BCUT2D eigenvalue weighted by molar-refractivity contribution is -0.117. The van der Waals surface area contributed by atoms with Gasteiger partial charge in [0.05, 0.1) is 24.3 Å². The Morgan fingerprint density at radius 3 is 2.76 bits per heavy atom. The van der Waals surface area contributed by atoms with E-state index in [0.717, 1.165) is 18.7 Å². The molecule has 0 saturated carbocycles. The van der Waals surface area contributed by atoms with Crippen LogP contribution in [-0.4, -0.2) is 57.6 Å². The van der Waals surface area contributed by atoms with E-state index in [-0.39, 0.29) is 17.0 Å². The van der Waals surface area contributed by atoms with Gasteiger partial charge in [0.2, 0.25) is 5.91 Å². The topological polar surface area (TPSA) is 93.3 Å². The first kappa shape index (κ1) is 16.3. The summed E-state index contributed by atoms with van der Waals surface area (Å²) in [7, 11) is -1.84. The summed E-state index contributed by atoms with van der Waals surface area (Å²) in [6.45, 7) is 1.50. The SMILES string of the molecule is Cn1cnc(S(=O)(=O)N2CCC(n3cc(N4CCCC4=O)cn3)C2)c1. The molecule has 4 heterocycles. The van der Waals surface area contributed by atoms with Crippen LogP contribution in [-0.2, 0) is 21.9 Å². The lowest BCUT2D eigenvalue weighted by Gasteiger charge is -2.15. The van der Waals surface area contributed by atoms with Crippen LogP contribution in [0.5, 0.6) is 0 Å². The number of amides is 1. The van der Waals surface area contributed by atoms with Gasteiger partial charge in [-0.2, -0.15) is 9.40 Å². The third kappa shape index (κ3) is 2.85. The van der Waals surface area contributed by atoms with Crippen molar-refractivity contribution in [3.05, 3.63) is 24.9 Å². The second kappa shape index (κ2) is 5.95. The largest absolute Gasteiger partial charge is 0.339 e. The van der Waals surface area contributed by atoms with Crippen LogP contribution in [0.1, 0.15) is 25.3 Å². The molecule has 1 amide bonds. The fourth-order valence-corrected chi connectivity index (χ4v) is 4.85. The van der Waals surface area contributed by atoms with E-state index in [9.17, 15) is 13.2 Å². The summed E-state index contributed by atoms with van der Waals surface area (Å²) < 4.78 is 30.1. The van der Waals surface area contributed by atoms with Gasteiger partial charge in [0.15, 0.2) is 5.03 Å². The third-order valence-electron chi connectivity index (χ3n) is 4.76. The average Bonchev–Trinajstić information content (AvgIpc) is 3.33. The number of carbonyl (C=O) groups is 1. The van der Waals surface area contributed by atoms with E-state index in [1.807, 2.05) is 6.20 Å². The zero-order valence-electron chi connectivity index (χ0n) is 13.9. The Balaban J connectivity index is 1.49. The fourth-order valence-electron chi connectivity index (χ4n) is 3.39. The molecule has 1 unspecified atom stereocenters. The summed E-state index contributed by atoms with van der Waals surface area (Å²) in [5, 5.41) is 4.42. The summed E-state index contributed by atoms with van der Waals surface area (Å²) in [5.41, 5.74) is 0.786. The second-order valence-corrected chi connectivity index (χ2v) is 8.40. The van der Waals surface area contributed by atoms with Crippen LogP contribution < -0.4 is 4.90 Å². The molecule has 134 valence electrons. The van der Waals surface area contributed by atoms with Crippen molar-refractivity contribution in [1.82, 2.24) is 23.6 Å². The van der Waals surface area contributed by atoms with Crippen molar-refractivity contribution in [2.45, 2.75) is 30.3 Å². The van der Waals surface area contributed by atoms with Crippen LogP contribution in [0.4, 0.5) is 5.69 Å². The minimum Gasteiger partial charge on any atom is -0.339 e. The summed E-state index contributed by atoms with van der Waals surface area (Å²) >= 11 is 0. The highest BCUT2D eigenvalue weighted by Gasteiger charge is 2.35. The number of aromatic nitrogens is 4. The fraction of sp³-hybridized carbons (Fsp3) is 0.533. The Bertz CT molecular complexity index is 902. The molecule has 2 aliphatic heterocycles. The molecule has 2 saturated heterocycles. The number of rotatable bonds is 4. The smallest absolute Gasteiger partial charge is 0.262 e. The number of nitrogens with zero attached hydrogens (tertiary/aromatic N) is 6. The van der Waals surface area contributed by atoms with E-state index in [4.69, 9.17) is 0 Å². The molecule has 2 fully saturated rings. The molecule has 0 radical (unpaired) electrons. The van der Waals surface area contributed by atoms with E-state index in [1.54, 1.807) is 27.4 Å². The number of anilines is 1. The van der Waals surface area contributed by atoms with Gasteiger partial charge >= 0.3 is 0 Å². The first-order valence-electron chi connectivity index (χ1n) is 8.28. The molecular weight excluding hydrogens is 344 g/mol. The van der Waals surface area contributed by atoms with Gasteiger partial charge in [0.25, 0.3) is 10.0 Å². The molecule has 0 spiro atoms. The number of imidazole rings is 1. The van der Waals surface area contributed by atoms with Crippen LogP contribution in [0.3, 0.4) is 0 Å². The van der Waals surface area contributed by atoms with Crippen LogP contribution in [0.15, 0.2) is 29.9 Å². The van der Waals surface area contributed by atoms with Crippen molar-refractivity contribution in [3.63, 3.8) is 0 Å². The molecule has 9 nitrogen and oxygen atoms in total. The number of hydrogen-bond donors (Lipinski definition) is 0. The van der Waals surface area contributed by atoms with E-state index in [2.05, 4.69) is 10.1 Å². The highest BCUT2D eigenvalue weighted by atomic mass is 32.2. The molecule has 0 bridgehead atoms. The van der Waals surface area contributed by atoms with Gasteiger partial charge in [-0.1, -0.05) is 0 Å². The van der Waals surface area contributed by atoms with E-state index in [0.29, 0.717) is 25.9 Å². The number of hydrogen-bond acceptors (Lipinski definition) is 5. The van der Waals surface area contributed by atoms with Crippen LogP contribution in [0.2, 0.25) is 0 Å². The highest BCUT2D eigenvalue weighted by molar-refractivity contribution is 7.89. The molecule has 4 rings (SSSR count). The van der Waals surface area contributed by atoms with Crippen molar-refractivity contribution in [3.8, 4) is 0 Å². The van der Waals surface area contributed by atoms with Crippen molar-refractivity contribution in [1.29, 1.82) is 0 Å². The maximum absolute atomic E-state index is 12.6.